The first-order valence-electron chi connectivity index (χ1n) is 5.59. The lowest BCUT2D eigenvalue weighted by Crippen LogP contribution is -2.42. The first-order chi connectivity index (χ1) is 8.39. The largest absolute Gasteiger partial charge is 0.368 e. The fourth-order valence-corrected chi connectivity index (χ4v) is 2.11. The van der Waals surface area contributed by atoms with Gasteiger partial charge in [0.1, 0.15) is 16.9 Å². The number of carbonyl (C=O) groups is 1. The molecule has 0 saturated carbocycles. The van der Waals surface area contributed by atoms with Crippen LogP contribution in [0.3, 0.4) is 0 Å². The molecule has 2 aromatic rings. The van der Waals surface area contributed by atoms with Crippen LogP contribution in [0.4, 0.5) is 0 Å². The van der Waals surface area contributed by atoms with Gasteiger partial charge in [0.2, 0.25) is 5.91 Å². The summed E-state index contributed by atoms with van der Waals surface area (Å²) in [7, 11) is 0. The summed E-state index contributed by atoms with van der Waals surface area (Å²) in [5, 5.41) is 0. The van der Waals surface area contributed by atoms with Crippen LogP contribution in [0.1, 0.15) is 25.2 Å². The van der Waals surface area contributed by atoms with Gasteiger partial charge in [0.25, 0.3) is 0 Å². The molecule has 18 heavy (non-hydrogen) atoms. The molecule has 0 aromatic carbocycles. The molecule has 0 fully saturated rings. The van der Waals surface area contributed by atoms with Gasteiger partial charge in [0.15, 0.2) is 5.65 Å². The van der Waals surface area contributed by atoms with Gasteiger partial charge in [-0.2, -0.15) is 0 Å². The van der Waals surface area contributed by atoms with Gasteiger partial charge in [-0.25, -0.2) is 9.97 Å². The number of hydrogen-bond donors (Lipinski definition) is 1. The number of alkyl halides is 1. The van der Waals surface area contributed by atoms with Gasteiger partial charge in [-0.15, -0.1) is 11.6 Å². The van der Waals surface area contributed by atoms with Crippen molar-refractivity contribution < 1.29 is 4.79 Å². The Kier molecular flexibility index (Phi) is 3.02. The van der Waals surface area contributed by atoms with Crippen LogP contribution in [0.5, 0.6) is 0 Å². The number of amides is 1. The average Bonchev–Trinajstić information content (AvgIpc) is 2.69. The zero-order chi connectivity index (χ0) is 13.5. The lowest BCUT2D eigenvalue weighted by molar-refractivity contribution is -0.125. The molecule has 2 rings (SSSR count). The summed E-state index contributed by atoms with van der Waals surface area (Å²) in [5.41, 5.74) is 6.92. The standard InChI is InChI=1S/C12H15ClN4O/c1-7-4-5-15-10-9(7)16-8(6-13)17(10)12(2,3)11(14)18/h4-5H,6H2,1-3H3,(H2,14,18). The van der Waals surface area contributed by atoms with Crippen molar-refractivity contribution in [2.24, 2.45) is 5.73 Å². The molecule has 6 heteroatoms. The van der Waals surface area contributed by atoms with E-state index in [-0.39, 0.29) is 5.88 Å². The molecule has 0 spiro atoms. The summed E-state index contributed by atoms with van der Waals surface area (Å²) in [6.07, 6.45) is 1.69. The zero-order valence-corrected chi connectivity index (χ0v) is 11.3. The van der Waals surface area contributed by atoms with E-state index in [0.717, 1.165) is 11.1 Å². The van der Waals surface area contributed by atoms with Crippen LogP contribution in [0.15, 0.2) is 12.3 Å². The van der Waals surface area contributed by atoms with Gasteiger partial charge in [-0.05, 0) is 32.4 Å². The number of hydrogen-bond acceptors (Lipinski definition) is 3. The molecule has 0 aliphatic carbocycles. The number of aromatic nitrogens is 3. The maximum absolute atomic E-state index is 11.6. The number of nitrogens with two attached hydrogens (primary N) is 1. The molecule has 0 radical (unpaired) electrons. The molecule has 2 heterocycles. The second kappa shape index (κ2) is 4.24. The van der Waals surface area contributed by atoms with Gasteiger partial charge < -0.3 is 5.73 Å². The quantitative estimate of drug-likeness (QED) is 0.860. The Labute approximate surface area is 110 Å². The molecule has 0 aliphatic heterocycles. The van der Waals surface area contributed by atoms with E-state index >= 15 is 0 Å². The smallest absolute Gasteiger partial charge is 0.243 e. The molecule has 0 saturated heterocycles. The van der Waals surface area contributed by atoms with Crippen molar-refractivity contribution in [3.8, 4) is 0 Å². The third-order valence-corrected chi connectivity index (χ3v) is 3.34. The number of carbonyl (C=O) groups excluding carboxylic acids is 1. The number of primary amides is 1. The maximum Gasteiger partial charge on any atom is 0.243 e. The summed E-state index contributed by atoms with van der Waals surface area (Å²) >= 11 is 5.90. The molecule has 2 N–H and O–H groups in total. The van der Waals surface area contributed by atoms with E-state index in [4.69, 9.17) is 17.3 Å². The normalized spacial score (nSPS) is 12.0. The SMILES string of the molecule is Cc1ccnc2c1nc(CCl)n2C(C)(C)C(N)=O. The molecule has 5 nitrogen and oxygen atoms in total. The summed E-state index contributed by atoms with van der Waals surface area (Å²) in [6, 6.07) is 1.87. The van der Waals surface area contributed by atoms with E-state index in [1.165, 1.54) is 0 Å². The highest BCUT2D eigenvalue weighted by Crippen LogP contribution is 2.26. The topological polar surface area (TPSA) is 73.8 Å². The summed E-state index contributed by atoms with van der Waals surface area (Å²) in [5.74, 6) is 0.348. The van der Waals surface area contributed by atoms with Crippen molar-refractivity contribution in [2.75, 3.05) is 0 Å². The molecule has 0 atom stereocenters. The minimum atomic E-state index is -0.917. The van der Waals surface area contributed by atoms with Gasteiger partial charge in [0, 0.05) is 6.20 Å². The van der Waals surface area contributed by atoms with Crippen LogP contribution < -0.4 is 5.73 Å². The first kappa shape index (κ1) is 12.8. The monoisotopic (exact) mass is 266 g/mol. The van der Waals surface area contributed by atoms with E-state index in [0.29, 0.717) is 11.5 Å². The number of rotatable bonds is 3. The highest BCUT2D eigenvalue weighted by molar-refractivity contribution is 6.17. The summed E-state index contributed by atoms with van der Waals surface area (Å²) < 4.78 is 1.71. The Morgan fingerprint density at radius 2 is 2.22 bits per heavy atom. The highest BCUT2D eigenvalue weighted by Gasteiger charge is 2.32. The molecule has 96 valence electrons. The van der Waals surface area contributed by atoms with Gasteiger partial charge in [-0.1, -0.05) is 0 Å². The third kappa shape index (κ3) is 1.75. The fourth-order valence-electron chi connectivity index (χ4n) is 1.93. The molecule has 0 unspecified atom stereocenters. The number of pyridine rings is 1. The molecular weight excluding hydrogens is 252 g/mol. The number of aryl methyl sites for hydroxylation is 1. The van der Waals surface area contributed by atoms with Crippen molar-refractivity contribution in [2.45, 2.75) is 32.2 Å². The minimum Gasteiger partial charge on any atom is -0.368 e. The van der Waals surface area contributed by atoms with Crippen LogP contribution in [0.25, 0.3) is 11.2 Å². The average molecular weight is 267 g/mol. The van der Waals surface area contributed by atoms with E-state index in [2.05, 4.69) is 9.97 Å². The molecule has 0 aliphatic rings. The number of nitrogens with zero attached hydrogens (tertiary/aromatic N) is 3. The highest BCUT2D eigenvalue weighted by atomic mass is 35.5. The summed E-state index contributed by atoms with van der Waals surface area (Å²) in [6.45, 7) is 5.41. The van der Waals surface area contributed by atoms with E-state index < -0.39 is 11.4 Å². The molecular formula is C12H15ClN4O. The van der Waals surface area contributed by atoms with Crippen LogP contribution >= 0.6 is 11.6 Å². The van der Waals surface area contributed by atoms with Crippen LogP contribution in [0, 0.1) is 6.92 Å². The van der Waals surface area contributed by atoms with Crippen molar-refractivity contribution >= 4 is 28.7 Å². The van der Waals surface area contributed by atoms with Crippen LogP contribution in [-0.2, 0) is 16.2 Å². The van der Waals surface area contributed by atoms with Gasteiger partial charge in [-0.3, -0.25) is 9.36 Å². The Morgan fingerprint density at radius 1 is 1.56 bits per heavy atom. The van der Waals surface area contributed by atoms with Crippen molar-refractivity contribution in [3.05, 3.63) is 23.7 Å². The van der Waals surface area contributed by atoms with E-state index in [9.17, 15) is 4.79 Å². The second-order valence-electron chi connectivity index (χ2n) is 4.72. The predicted molar refractivity (Wildman–Crippen MR) is 70.3 cm³/mol. The lowest BCUT2D eigenvalue weighted by atomic mass is 10.0. The van der Waals surface area contributed by atoms with Crippen LogP contribution in [-0.4, -0.2) is 20.4 Å². The zero-order valence-electron chi connectivity index (χ0n) is 10.6. The van der Waals surface area contributed by atoms with Crippen molar-refractivity contribution in [1.82, 2.24) is 14.5 Å². The van der Waals surface area contributed by atoms with E-state index in [1.807, 2.05) is 13.0 Å². The maximum atomic E-state index is 11.6. The fraction of sp³-hybridized carbons (Fsp3) is 0.417. The predicted octanol–water partition coefficient (Wildman–Crippen LogP) is 1.70. The first-order valence-corrected chi connectivity index (χ1v) is 6.12. The Bertz CT molecular complexity index is 618. The van der Waals surface area contributed by atoms with Crippen LogP contribution in [0.2, 0.25) is 0 Å². The summed E-state index contributed by atoms with van der Waals surface area (Å²) in [4.78, 5) is 20.4. The molecule has 2 aromatic heterocycles. The number of halogens is 1. The Hall–Kier alpha value is -1.62. The number of fused-ring (bicyclic) bond motifs is 1. The van der Waals surface area contributed by atoms with Gasteiger partial charge in [0.05, 0.1) is 5.88 Å². The molecule has 1 amide bonds. The third-order valence-electron chi connectivity index (χ3n) is 3.10. The van der Waals surface area contributed by atoms with Crippen molar-refractivity contribution in [3.63, 3.8) is 0 Å². The molecule has 0 bridgehead atoms. The Balaban J connectivity index is 2.84. The lowest BCUT2D eigenvalue weighted by Gasteiger charge is -2.24. The van der Waals surface area contributed by atoms with Crippen molar-refractivity contribution in [1.29, 1.82) is 0 Å². The van der Waals surface area contributed by atoms with E-state index in [1.54, 1.807) is 24.6 Å². The number of imidazole rings is 1. The van der Waals surface area contributed by atoms with Gasteiger partial charge >= 0.3 is 0 Å². The second-order valence-corrected chi connectivity index (χ2v) is 4.99. The minimum absolute atomic E-state index is 0.201. The Morgan fingerprint density at radius 3 is 2.78 bits per heavy atom.